The van der Waals surface area contributed by atoms with Crippen LogP contribution in [-0.4, -0.2) is 22.1 Å². The van der Waals surface area contributed by atoms with Crippen LogP contribution in [0.2, 0.25) is 0 Å². The summed E-state index contributed by atoms with van der Waals surface area (Å²) in [6.07, 6.45) is 2.17. The second kappa shape index (κ2) is 6.88. The normalized spacial score (nSPS) is 10.8. The molecule has 0 fully saturated rings. The predicted molar refractivity (Wildman–Crippen MR) is 98.5 cm³/mol. The van der Waals surface area contributed by atoms with E-state index in [-0.39, 0.29) is 5.82 Å². The van der Waals surface area contributed by atoms with E-state index in [1.54, 1.807) is 25.6 Å². The average molecular weight is 345 g/mol. The van der Waals surface area contributed by atoms with Crippen molar-refractivity contribution in [2.45, 2.75) is 6.42 Å². The molecule has 4 nitrogen and oxygen atoms in total. The van der Waals surface area contributed by atoms with Crippen LogP contribution in [0.3, 0.4) is 0 Å². The lowest BCUT2D eigenvalue weighted by atomic mass is 10.1. The molecule has 0 N–H and O–H groups in total. The minimum absolute atomic E-state index is 0.267. The molecule has 0 aliphatic heterocycles. The molecular formula is C21H16FN3O. The Morgan fingerprint density at radius 1 is 0.962 bits per heavy atom. The highest BCUT2D eigenvalue weighted by Crippen LogP contribution is 2.23. The van der Waals surface area contributed by atoms with E-state index in [0.717, 1.165) is 39.3 Å². The molecule has 4 rings (SSSR count). The van der Waals surface area contributed by atoms with Crippen molar-refractivity contribution < 1.29 is 9.13 Å². The lowest BCUT2D eigenvalue weighted by Gasteiger charge is -2.08. The molecule has 0 atom stereocenters. The van der Waals surface area contributed by atoms with Gasteiger partial charge in [-0.05, 0) is 54.1 Å². The summed E-state index contributed by atoms with van der Waals surface area (Å²) in [5.74, 6) is 0.539. The smallest absolute Gasteiger partial charge is 0.123 e. The zero-order valence-electron chi connectivity index (χ0n) is 14.2. The molecule has 0 spiro atoms. The summed E-state index contributed by atoms with van der Waals surface area (Å²) in [4.78, 5) is 13.5. The van der Waals surface area contributed by atoms with Gasteiger partial charge in [-0.2, -0.15) is 0 Å². The largest absolute Gasteiger partial charge is 0.497 e. The van der Waals surface area contributed by atoms with Crippen LogP contribution in [0.4, 0.5) is 4.39 Å². The monoisotopic (exact) mass is 345 g/mol. The Labute approximate surface area is 150 Å². The van der Waals surface area contributed by atoms with Crippen molar-refractivity contribution in [3.8, 4) is 17.0 Å². The summed E-state index contributed by atoms with van der Waals surface area (Å²) in [6.45, 7) is 0. The first-order valence-electron chi connectivity index (χ1n) is 8.22. The van der Waals surface area contributed by atoms with Gasteiger partial charge < -0.3 is 4.74 Å². The van der Waals surface area contributed by atoms with Crippen LogP contribution in [0.15, 0.2) is 67.0 Å². The van der Waals surface area contributed by atoms with E-state index >= 15 is 0 Å². The molecule has 2 heterocycles. The Hall–Kier alpha value is -3.34. The first kappa shape index (κ1) is 16.1. The van der Waals surface area contributed by atoms with Gasteiger partial charge in [-0.1, -0.05) is 12.1 Å². The predicted octanol–water partition coefficient (Wildman–Crippen LogP) is 4.43. The van der Waals surface area contributed by atoms with Gasteiger partial charge in [0, 0.05) is 12.0 Å². The summed E-state index contributed by atoms with van der Waals surface area (Å²) in [5.41, 5.74) is 5.06. The molecule has 0 saturated heterocycles. The van der Waals surface area contributed by atoms with E-state index in [0.29, 0.717) is 6.42 Å². The number of pyridine rings is 1. The minimum Gasteiger partial charge on any atom is -0.497 e. The number of ether oxygens (including phenoxy) is 1. The standard InChI is InChI=1S/C21H16FN3O/c1-26-17-4-2-3-14(11-17)12-20-21-19(23-13-24-20)10-9-18(25-21)15-5-7-16(22)8-6-15/h2-11,13H,12H2,1H3. The molecule has 5 heteroatoms. The molecule has 128 valence electrons. The van der Waals surface area contributed by atoms with Crippen LogP contribution < -0.4 is 4.74 Å². The summed E-state index contributed by atoms with van der Waals surface area (Å²) in [6, 6.07) is 18.0. The van der Waals surface area contributed by atoms with E-state index < -0.39 is 0 Å². The Bertz CT molecular complexity index is 1060. The van der Waals surface area contributed by atoms with Crippen LogP contribution in [-0.2, 0) is 6.42 Å². The number of fused-ring (bicyclic) bond motifs is 1. The topological polar surface area (TPSA) is 47.9 Å². The second-order valence-electron chi connectivity index (χ2n) is 5.92. The first-order valence-corrected chi connectivity index (χ1v) is 8.22. The molecule has 2 aromatic carbocycles. The molecule has 0 bridgehead atoms. The summed E-state index contributed by atoms with van der Waals surface area (Å²) >= 11 is 0. The fourth-order valence-corrected chi connectivity index (χ4v) is 2.88. The third kappa shape index (κ3) is 3.24. The number of methoxy groups -OCH3 is 1. The first-order chi connectivity index (χ1) is 12.7. The third-order valence-corrected chi connectivity index (χ3v) is 4.20. The van der Waals surface area contributed by atoms with Gasteiger partial charge in [0.25, 0.3) is 0 Å². The average Bonchev–Trinajstić information content (AvgIpc) is 2.69. The summed E-state index contributed by atoms with van der Waals surface area (Å²) < 4.78 is 18.5. The fraction of sp³-hybridized carbons (Fsp3) is 0.0952. The van der Waals surface area contributed by atoms with Gasteiger partial charge in [0.05, 0.1) is 24.0 Å². The summed E-state index contributed by atoms with van der Waals surface area (Å²) in [7, 11) is 1.65. The quantitative estimate of drug-likeness (QED) is 0.549. The number of rotatable bonds is 4. The molecule has 0 unspecified atom stereocenters. The van der Waals surface area contributed by atoms with Crippen molar-refractivity contribution in [1.82, 2.24) is 15.0 Å². The molecule has 4 aromatic rings. The highest BCUT2D eigenvalue weighted by molar-refractivity contribution is 5.80. The number of nitrogens with zero attached hydrogens (tertiary/aromatic N) is 3. The molecular weight excluding hydrogens is 329 g/mol. The Balaban J connectivity index is 1.76. The van der Waals surface area contributed by atoms with E-state index in [1.807, 2.05) is 36.4 Å². The Morgan fingerprint density at radius 3 is 2.62 bits per heavy atom. The van der Waals surface area contributed by atoms with Crippen molar-refractivity contribution in [3.63, 3.8) is 0 Å². The number of hydrogen-bond acceptors (Lipinski definition) is 4. The van der Waals surface area contributed by atoms with Crippen LogP contribution >= 0.6 is 0 Å². The van der Waals surface area contributed by atoms with Gasteiger partial charge in [0.2, 0.25) is 0 Å². The molecule has 0 saturated carbocycles. The maximum absolute atomic E-state index is 13.2. The van der Waals surface area contributed by atoms with Gasteiger partial charge in [-0.3, -0.25) is 0 Å². The number of hydrogen-bond donors (Lipinski definition) is 0. The van der Waals surface area contributed by atoms with Gasteiger partial charge in [0.15, 0.2) is 0 Å². The molecule has 0 radical (unpaired) electrons. The second-order valence-corrected chi connectivity index (χ2v) is 5.92. The van der Waals surface area contributed by atoms with Crippen molar-refractivity contribution in [2.24, 2.45) is 0 Å². The molecule has 0 amide bonds. The lowest BCUT2D eigenvalue weighted by Crippen LogP contribution is -1.99. The highest BCUT2D eigenvalue weighted by Gasteiger charge is 2.09. The number of aromatic nitrogens is 3. The van der Waals surface area contributed by atoms with Crippen LogP contribution in [0.1, 0.15) is 11.3 Å². The fourth-order valence-electron chi connectivity index (χ4n) is 2.88. The molecule has 0 aliphatic carbocycles. The van der Waals surface area contributed by atoms with Crippen molar-refractivity contribution in [2.75, 3.05) is 7.11 Å². The van der Waals surface area contributed by atoms with Gasteiger partial charge in [0.1, 0.15) is 23.4 Å². The highest BCUT2D eigenvalue weighted by atomic mass is 19.1. The summed E-state index contributed by atoms with van der Waals surface area (Å²) in [5, 5.41) is 0. The zero-order valence-corrected chi connectivity index (χ0v) is 14.2. The van der Waals surface area contributed by atoms with Crippen LogP contribution in [0.5, 0.6) is 5.75 Å². The van der Waals surface area contributed by atoms with Crippen LogP contribution in [0.25, 0.3) is 22.3 Å². The lowest BCUT2D eigenvalue weighted by molar-refractivity contribution is 0.414. The van der Waals surface area contributed by atoms with Crippen molar-refractivity contribution in [1.29, 1.82) is 0 Å². The van der Waals surface area contributed by atoms with E-state index in [9.17, 15) is 4.39 Å². The van der Waals surface area contributed by atoms with Crippen molar-refractivity contribution >= 4 is 11.0 Å². The van der Waals surface area contributed by atoms with E-state index in [4.69, 9.17) is 9.72 Å². The Morgan fingerprint density at radius 2 is 1.81 bits per heavy atom. The SMILES string of the molecule is COc1cccc(Cc2ncnc3ccc(-c4ccc(F)cc4)nc23)c1. The molecule has 2 aromatic heterocycles. The van der Waals surface area contributed by atoms with Crippen molar-refractivity contribution in [3.05, 3.63) is 84.1 Å². The van der Waals surface area contributed by atoms with Gasteiger partial charge in [-0.25, -0.2) is 19.3 Å². The third-order valence-electron chi connectivity index (χ3n) is 4.20. The van der Waals surface area contributed by atoms with E-state index in [2.05, 4.69) is 9.97 Å². The maximum atomic E-state index is 13.2. The van der Waals surface area contributed by atoms with Gasteiger partial charge in [-0.15, -0.1) is 0 Å². The maximum Gasteiger partial charge on any atom is 0.123 e. The number of benzene rings is 2. The zero-order chi connectivity index (χ0) is 17.9. The van der Waals surface area contributed by atoms with Gasteiger partial charge >= 0.3 is 0 Å². The minimum atomic E-state index is -0.267. The Kier molecular flexibility index (Phi) is 4.27. The number of halogens is 1. The van der Waals surface area contributed by atoms with E-state index in [1.165, 1.54) is 12.1 Å². The van der Waals surface area contributed by atoms with Crippen LogP contribution in [0, 0.1) is 5.82 Å². The molecule has 26 heavy (non-hydrogen) atoms. The molecule has 0 aliphatic rings.